The van der Waals surface area contributed by atoms with Crippen LogP contribution < -0.4 is 5.32 Å². The number of hydrogen-bond donors (Lipinski definition) is 7. The maximum absolute atomic E-state index is 13.1. The van der Waals surface area contributed by atoms with Gasteiger partial charge in [0.15, 0.2) is 6.29 Å². The van der Waals surface area contributed by atoms with Gasteiger partial charge in [-0.2, -0.15) is 8.42 Å². The predicted octanol–water partition coefficient (Wildman–Crippen LogP) is 6.58. The van der Waals surface area contributed by atoms with Crippen LogP contribution in [-0.4, -0.2) is 107 Å². The van der Waals surface area contributed by atoms with E-state index in [9.17, 15) is 38.7 Å². The van der Waals surface area contributed by atoms with Crippen LogP contribution in [0.4, 0.5) is 0 Å². The SMILES string of the molecule is CCCCCCCCC/C=C\CCCCCCC(O)C(=O)NC(COC1OC(CO)C(O)C(OS(=O)(=O)O)C1O)C(O)CCCCCCCCCCCCC. The Morgan fingerprint density at radius 3 is 1.64 bits per heavy atom. The van der Waals surface area contributed by atoms with E-state index < -0.39 is 78.5 Å². The normalized spacial score (nSPS) is 22.2. The van der Waals surface area contributed by atoms with Gasteiger partial charge in [0.1, 0.15) is 30.5 Å². The summed E-state index contributed by atoms with van der Waals surface area (Å²) < 4.78 is 47.4. The first kappa shape index (κ1) is 51.8. The summed E-state index contributed by atoms with van der Waals surface area (Å²) in [4.78, 5) is 13.1. The summed E-state index contributed by atoms with van der Waals surface area (Å²) in [6.07, 6.45) is 21.2. The molecule has 0 aromatic rings. The summed E-state index contributed by atoms with van der Waals surface area (Å²) in [6.45, 7) is 3.24. The lowest BCUT2D eigenvalue weighted by Gasteiger charge is -2.41. The Kier molecular flexibility index (Phi) is 30.8. The molecule has 55 heavy (non-hydrogen) atoms. The second-order valence-electron chi connectivity index (χ2n) is 15.4. The van der Waals surface area contributed by atoms with Crippen LogP contribution in [0.1, 0.15) is 181 Å². The van der Waals surface area contributed by atoms with Crippen molar-refractivity contribution in [2.45, 2.75) is 230 Å². The van der Waals surface area contributed by atoms with Crippen molar-refractivity contribution in [1.29, 1.82) is 0 Å². The van der Waals surface area contributed by atoms with Crippen LogP contribution in [0.5, 0.6) is 0 Å². The highest BCUT2D eigenvalue weighted by molar-refractivity contribution is 7.80. The van der Waals surface area contributed by atoms with E-state index in [0.29, 0.717) is 19.3 Å². The number of ether oxygens (including phenoxy) is 2. The third-order valence-electron chi connectivity index (χ3n) is 10.4. The Hall–Kier alpha value is -1.20. The minimum Gasteiger partial charge on any atom is -0.394 e. The van der Waals surface area contributed by atoms with Crippen LogP contribution in [0, 0.1) is 0 Å². The van der Waals surface area contributed by atoms with E-state index in [-0.39, 0.29) is 6.42 Å². The van der Waals surface area contributed by atoms with Crippen LogP contribution in [-0.2, 0) is 28.9 Å². The second-order valence-corrected chi connectivity index (χ2v) is 16.5. The van der Waals surface area contributed by atoms with Crippen molar-refractivity contribution in [3.05, 3.63) is 12.2 Å². The quantitative estimate of drug-likeness (QED) is 0.0203. The zero-order valence-electron chi connectivity index (χ0n) is 34.1. The number of aliphatic hydroxyl groups excluding tert-OH is 5. The van der Waals surface area contributed by atoms with Crippen molar-refractivity contribution in [3.8, 4) is 0 Å². The lowest BCUT2D eigenvalue weighted by atomic mass is 9.99. The van der Waals surface area contributed by atoms with Gasteiger partial charge in [-0.15, -0.1) is 0 Å². The van der Waals surface area contributed by atoms with Gasteiger partial charge in [0, 0.05) is 0 Å². The maximum Gasteiger partial charge on any atom is 0.397 e. The average Bonchev–Trinajstić information content (AvgIpc) is 3.15. The molecule has 1 aliphatic heterocycles. The molecule has 13 nitrogen and oxygen atoms in total. The Morgan fingerprint density at radius 1 is 0.709 bits per heavy atom. The van der Waals surface area contributed by atoms with Gasteiger partial charge in [0.25, 0.3) is 0 Å². The van der Waals surface area contributed by atoms with E-state index in [0.717, 1.165) is 51.4 Å². The monoisotopic (exact) mass is 810 g/mol. The number of aliphatic hydroxyl groups is 5. The van der Waals surface area contributed by atoms with Crippen molar-refractivity contribution >= 4 is 16.3 Å². The molecule has 1 fully saturated rings. The van der Waals surface area contributed by atoms with Crippen molar-refractivity contribution in [2.24, 2.45) is 0 Å². The summed E-state index contributed by atoms with van der Waals surface area (Å²) in [5, 5.41) is 55.1. The third kappa shape index (κ3) is 25.7. The number of carbonyl (C=O) groups excluding carboxylic acids is 1. The van der Waals surface area contributed by atoms with Gasteiger partial charge in [-0.1, -0.05) is 154 Å². The van der Waals surface area contributed by atoms with Gasteiger partial charge in [-0.3, -0.25) is 9.35 Å². The number of rotatable bonds is 36. The lowest BCUT2D eigenvalue weighted by Crippen LogP contribution is -2.61. The van der Waals surface area contributed by atoms with E-state index in [1.807, 2.05) is 0 Å². The zero-order valence-corrected chi connectivity index (χ0v) is 34.9. The number of hydrogen-bond acceptors (Lipinski definition) is 11. The predicted molar refractivity (Wildman–Crippen MR) is 215 cm³/mol. The molecule has 0 bridgehead atoms. The lowest BCUT2D eigenvalue weighted by molar-refractivity contribution is -0.298. The van der Waals surface area contributed by atoms with Gasteiger partial charge in [0.05, 0.1) is 25.4 Å². The van der Waals surface area contributed by atoms with E-state index in [1.54, 1.807) is 0 Å². The van der Waals surface area contributed by atoms with Crippen LogP contribution in [0.15, 0.2) is 12.2 Å². The Labute approximate surface area is 333 Å². The molecule has 1 amide bonds. The van der Waals surface area contributed by atoms with Gasteiger partial charge >= 0.3 is 10.4 Å². The summed E-state index contributed by atoms with van der Waals surface area (Å²) in [7, 11) is -5.10. The highest BCUT2D eigenvalue weighted by Gasteiger charge is 2.48. The number of allylic oxidation sites excluding steroid dienone is 2. The molecule has 1 rings (SSSR count). The van der Waals surface area contributed by atoms with Crippen LogP contribution in [0.3, 0.4) is 0 Å². The number of nitrogens with one attached hydrogen (secondary N) is 1. The highest BCUT2D eigenvalue weighted by Crippen LogP contribution is 2.26. The van der Waals surface area contributed by atoms with E-state index in [4.69, 9.17) is 14.0 Å². The summed E-state index contributed by atoms with van der Waals surface area (Å²) in [5.74, 6) is -0.679. The number of carbonyl (C=O) groups is 1. The van der Waals surface area contributed by atoms with Crippen molar-refractivity contribution in [3.63, 3.8) is 0 Å². The summed E-state index contributed by atoms with van der Waals surface area (Å²) in [6, 6.07) is -1.03. The summed E-state index contributed by atoms with van der Waals surface area (Å²) in [5.41, 5.74) is 0. The summed E-state index contributed by atoms with van der Waals surface area (Å²) >= 11 is 0. The molecule has 0 radical (unpaired) electrons. The fraction of sp³-hybridized carbons (Fsp3) is 0.927. The van der Waals surface area contributed by atoms with Crippen LogP contribution in [0.25, 0.3) is 0 Å². The molecule has 1 saturated heterocycles. The molecule has 8 unspecified atom stereocenters. The first-order valence-corrected chi connectivity index (χ1v) is 23.0. The molecular weight excluding hydrogens is 731 g/mol. The number of unbranched alkanes of at least 4 members (excludes halogenated alkanes) is 21. The Bertz CT molecular complexity index is 1060. The van der Waals surface area contributed by atoms with E-state index in [1.165, 1.54) is 89.9 Å². The number of amides is 1. The van der Waals surface area contributed by atoms with E-state index >= 15 is 0 Å². The average molecular weight is 810 g/mol. The molecule has 0 saturated carbocycles. The standard InChI is InChI=1S/C41H79NO12S/c1-3-5-7-9-11-13-15-16-17-18-20-22-24-26-28-30-35(45)40(48)42-33(34(44)29-27-25-23-21-19-14-12-10-8-6-4-2)32-52-41-38(47)39(54-55(49,50)51)37(46)36(31-43)53-41/h17-18,33-39,41,43-47H,3-16,19-32H2,1-2H3,(H,42,48)(H,49,50,51)/b18-17-. The molecular formula is C41H79NO12S. The fourth-order valence-electron chi connectivity index (χ4n) is 6.93. The molecule has 0 spiro atoms. The molecule has 1 heterocycles. The van der Waals surface area contributed by atoms with Crippen molar-refractivity contribution in [1.82, 2.24) is 5.32 Å². The van der Waals surface area contributed by atoms with Crippen LogP contribution in [0.2, 0.25) is 0 Å². The van der Waals surface area contributed by atoms with Crippen molar-refractivity contribution < 1.29 is 57.0 Å². The molecule has 7 N–H and O–H groups in total. The maximum atomic E-state index is 13.1. The Balaban J connectivity index is 2.60. The smallest absolute Gasteiger partial charge is 0.394 e. The zero-order chi connectivity index (χ0) is 40.7. The molecule has 14 heteroatoms. The minimum atomic E-state index is -5.10. The Morgan fingerprint density at radius 2 is 1.16 bits per heavy atom. The second kappa shape index (κ2) is 32.7. The van der Waals surface area contributed by atoms with E-state index in [2.05, 4.69) is 35.5 Å². The molecule has 0 aromatic heterocycles. The van der Waals surface area contributed by atoms with Crippen LogP contribution >= 0.6 is 0 Å². The molecule has 1 aliphatic rings. The highest BCUT2D eigenvalue weighted by atomic mass is 32.3. The van der Waals surface area contributed by atoms with Gasteiger partial charge < -0.3 is 40.3 Å². The molecule has 326 valence electrons. The van der Waals surface area contributed by atoms with Gasteiger partial charge in [-0.25, -0.2) is 4.18 Å². The molecule has 0 aromatic carbocycles. The molecule has 8 atom stereocenters. The van der Waals surface area contributed by atoms with Gasteiger partial charge in [-0.05, 0) is 38.5 Å². The first-order valence-electron chi connectivity index (χ1n) is 21.7. The fourth-order valence-corrected chi connectivity index (χ4v) is 7.44. The first-order chi connectivity index (χ1) is 26.4. The van der Waals surface area contributed by atoms with Crippen molar-refractivity contribution in [2.75, 3.05) is 13.2 Å². The third-order valence-corrected chi connectivity index (χ3v) is 10.9. The molecule has 0 aliphatic carbocycles. The van der Waals surface area contributed by atoms with Gasteiger partial charge in [0.2, 0.25) is 5.91 Å². The largest absolute Gasteiger partial charge is 0.397 e. The minimum absolute atomic E-state index is 0.247. The topological polar surface area (TPSA) is 212 Å².